The number of benzene rings is 1. The number of nitrogens with one attached hydrogen (secondary N) is 1. The second-order valence-corrected chi connectivity index (χ2v) is 6.03. The normalized spacial score (nSPS) is 17.8. The Bertz CT molecular complexity index is 689. The van der Waals surface area contributed by atoms with Crippen LogP contribution in [-0.4, -0.2) is 35.8 Å². The molecular formula is C18H23N3O3. The molecule has 128 valence electrons. The maximum atomic E-state index is 12.5. The second-order valence-electron chi connectivity index (χ2n) is 6.03. The van der Waals surface area contributed by atoms with Crippen LogP contribution >= 0.6 is 0 Å². The summed E-state index contributed by atoms with van der Waals surface area (Å²) in [6, 6.07) is 8.24. The van der Waals surface area contributed by atoms with Crippen LogP contribution in [0.1, 0.15) is 35.6 Å². The second kappa shape index (κ2) is 7.05. The molecule has 1 unspecified atom stereocenters. The van der Waals surface area contributed by atoms with Gasteiger partial charge in [-0.3, -0.25) is 0 Å². The van der Waals surface area contributed by atoms with Crippen molar-refractivity contribution in [3.05, 3.63) is 46.8 Å². The molecule has 1 N–H and O–H groups in total. The molecule has 0 bridgehead atoms. The Labute approximate surface area is 141 Å². The Morgan fingerprint density at radius 3 is 2.71 bits per heavy atom. The molecule has 2 aromatic rings. The van der Waals surface area contributed by atoms with Gasteiger partial charge in [-0.15, -0.1) is 0 Å². The van der Waals surface area contributed by atoms with Crippen LogP contribution in [0.3, 0.4) is 0 Å². The van der Waals surface area contributed by atoms with Crippen molar-refractivity contribution in [3.8, 4) is 0 Å². The maximum Gasteiger partial charge on any atom is 0.322 e. The quantitative estimate of drug-likeness (QED) is 0.936. The average Bonchev–Trinajstić information content (AvgIpc) is 2.94. The molecule has 1 saturated heterocycles. The van der Waals surface area contributed by atoms with E-state index >= 15 is 0 Å². The van der Waals surface area contributed by atoms with Crippen molar-refractivity contribution >= 4 is 11.7 Å². The van der Waals surface area contributed by atoms with E-state index < -0.39 is 0 Å². The van der Waals surface area contributed by atoms with E-state index in [1.165, 1.54) is 5.56 Å². The number of carbonyl (C=O) groups excluding carboxylic acids is 1. The predicted molar refractivity (Wildman–Crippen MR) is 91.1 cm³/mol. The van der Waals surface area contributed by atoms with Gasteiger partial charge in [-0.05, 0) is 31.4 Å². The first-order chi connectivity index (χ1) is 11.6. The van der Waals surface area contributed by atoms with E-state index in [0.717, 1.165) is 12.0 Å². The summed E-state index contributed by atoms with van der Waals surface area (Å²) in [5.41, 5.74) is 3.72. The summed E-state index contributed by atoms with van der Waals surface area (Å²) in [6.07, 6.45) is 0.915. The third-order valence-corrected chi connectivity index (χ3v) is 4.38. The molecule has 1 aliphatic heterocycles. The molecule has 0 radical (unpaired) electrons. The first-order valence-corrected chi connectivity index (χ1v) is 8.27. The number of morpholine rings is 1. The molecule has 6 nitrogen and oxygen atoms in total. The van der Waals surface area contributed by atoms with Crippen LogP contribution < -0.4 is 5.32 Å². The number of anilines is 1. The number of nitrogens with zero attached hydrogens (tertiary/aromatic N) is 2. The van der Waals surface area contributed by atoms with Crippen molar-refractivity contribution in [2.45, 2.75) is 33.3 Å². The molecule has 2 amide bonds. The first kappa shape index (κ1) is 16.5. The fraction of sp³-hybridized carbons (Fsp3) is 0.444. The molecule has 0 aliphatic carbocycles. The maximum absolute atomic E-state index is 12.5. The Morgan fingerprint density at radius 2 is 2.08 bits per heavy atom. The monoisotopic (exact) mass is 329 g/mol. The van der Waals surface area contributed by atoms with Crippen LogP contribution in [0.15, 0.2) is 28.8 Å². The van der Waals surface area contributed by atoms with E-state index in [4.69, 9.17) is 9.26 Å². The van der Waals surface area contributed by atoms with E-state index in [1.54, 1.807) is 11.8 Å². The highest BCUT2D eigenvalue weighted by atomic mass is 16.5. The standard InChI is InChI=1S/C18H23N3O3/c1-4-14-5-7-15(8-6-14)16-11-21(9-10-23-16)18(22)19-17-12(2)20-24-13(17)3/h5-8,16H,4,9-11H2,1-3H3,(H,19,22). The fourth-order valence-corrected chi connectivity index (χ4v) is 2.85. The number of carbonyl (C=O) groups is 1. The largest absolute Gasteiger partial charge is 0.370 e. The number of aryl methyl sites for hydroxylation is 3. The fourth-order valence-electron chi connectivity index (χ4n) is 2.85. The molecular weight excluding hydrogens is 306 g/mol. The Kier molecular flexibility index (Phi) is 4.85. The van der Waals surface area contributed by atoms with E-state index in [1.807, 2.05) is 6.92 Å². The summed E-state index contributed by atoms with van der Waals surface area (Å²) in [6.45, 7) is 7.35. The molecule has 24 heavy (non-hydrogen) atoms. The van der Waals surface area contributed by atoms with Gasteiger partial charge in [-0.25, -0.2) is 4.79 Å². The van der Waals surface area contributed by atoms with Gasteiger partial charge in [-0.2, -0.15) is 0 Å². The van der Waals surface area contributed by atoms with Gasteiger partial charge in [-0.1, -0.05) is 36.3 Å². The lowest BCUT2D eigenvalue weighted by Gasteiger charge is -2.33. The van der Waals surface area contributed by atoms with Crippen LogP contribution in [0.2, 0.25) is 0 Å². The third-order valence-electron chi connectivity index (χ3n) is 4.38. The molecule has 1 aliphatic rings. The van der Waals surface area contributed by atoms with Crippen molar-refractivity contribution in [2.75, 3.05) is 25.0 Å². The van der Waals surface area contributed by atoms with Crippen molar-refractivity contribution in [1.29, 1.82) is 0 Å². The van der Waals surface area contributed by atoms with Crippen molar-refractivity contribution in [3.63, 3.8) is 0 Å². The van der Waals surface area contributed by atoms with Gasteiger partial charge in [0.1, 0.15) is 17.5 Å². The van der Waals surface area contributed by atoms with E-state index in [9.17, 15) is 4.79 Å². The number of aromatic nitrogens is 1. The molecule has 1 aromatic carbocycles. The van der Waals surface area contributed by atoms with Crippen molar-refractivity contribution < 1.29 is 14.1 Å². The van der Waals surface area contributed by atoms with Gasteiger partial charge < -0.3 is 19.5 Å². The van der Waals surface area contributed by atoms with Gasteiger partial charge in [0.15, 0.2) is 5.76 Å². The summed E-state index contributed by atoms with van der Waals surface area (Å²) in [4.78, 5) is 14.3. The zero-order chi connectivity index (χ0) is 17.1. The number of hydrogen-bond acceptors (Lipinski definition) is 4. The van der Waals surface area contributed by atoms with Crippen LogP contribution in [-0.2, 0) is 11.2 Å². The lowest BCUT2D eigenvalue weighted by molar-refractivity contribution is -0.0135. The van der Waals surface area contributed by atoms with E-state index in [-0.39, 0.29) is 12.1 Å². The van der Waals surface area contributed by atoms with Crippen LogP contribution in [0, 0.1) is 13.8 Å². The molecule has 0 spiro atoms. The Balaban J connectivity index is 1.67. The lowest BCUT2D eigenvalue weighted by Crippen LogP contribution is -2.44. The molecule has 1 atom stereocenters. The van der Waals surface area contributed by atoms with Crippen molar-refractivity contribution in [1.82, 2.24) is 10.1 Å². The Hall–Kier alpha value is -2.34. The van der Waals surface area contributed by atoms with E-state index in [0.29, 0.717) is 36.8 Å². The summed E-state index contributed by atoms with van der Waals surface area (Å²) in [7, 11) is 0. The van der Waals surface area contributed by atoms with Crippen molar-refractivity contribution in [2.24, 2.45) is 0 Å². The number of amides is 2. The van der Waals surface area contributed by atoms with Crippen LogP contribution in [0.25, 0.3) is 0 Å². The summed E-state index contributed by atoms with van der Waals surface area (Å²) in [5, 5.41) is 6.75. The smallest absolute Gasteiger partial charge is 0.322 e. The minimum Gasteiger partial charge on any atom is -0.370 e. The highest BCUT2D eigenvalue weighted by Crippen LogP contribution is 2.24. The molecule has 1 aromatic heterocycles. The predicted octanol–water partition coefficient (Wildman–Crippen LogP) is 3.46. The first-order valence-electron chi connectivity index (χ1n) is 8.27. The van der Waals surface area contributed by atoms with Gasteiger partial charge in [0, 0.05) is 6.54 Å². The number of hydrogen-bond donors (Lipinski definition) is 1. The summed E-state index contributed by atoms with van der Waals surface area (Å²) in [5.74, 6) is 0.612. The summed E-state index contributed by atoms with van der Waals surface area (Å²) < 4.78 is 10.9. The zero-order valence-corrected chi connectivity index (χ0v) is 14.3. The van der Waals surface area contributed by atoms with Crippen LogP contribution in [0.5, 0.6) is 0 Å². The number of rotatable bonds is 3. The zero-order valence-electron chi connectivity index (χ0n) is 14.3. The van der Waals surface area contributed by atoms with Gasteiger partial charge >= 0.3 is 6.03 Å². The average molecular weight is 329 g/mol. The minimum atomic E-state index is -0.150. The summed E-state index contributed by atoms with van der Waals surface area (Å²) >= 11 is 0. The number of urea groups is 1. The van der Waals surface area contributed by atoms with Crippen LogP contribution in [0.4, 0.5) is 10.5 Å². The Morgan fingerprint density at radius 1 is 1.33 bits per heavy atom. The van der Waals surface area contributed by atoms with Gasteiger partial charge in [0.05, 0.1) is 13.2 Å². The molecule has 2 heterocycles. The molecule has 0 saturated carbocycles. The van der Waals surface area contributed by atoms with E-state index in [2.05, 4.69) is 41.7 Å². The third kappa shape index (κ3) is 3.43. The topological polar surface area (TPSA) is 67.6 Å². The molecule has 6 heteroatoms. The number of ether oxygens (including phenoxy) is 1. The van der Waals surface area contributed by atoms with Gasteiger partial charge in [0.25, 0.3) is 0 Å². The van der Waals surface area contributed by atoms with Gasteiger partial charge in [0.2, 0.25) is 0 Å². The highest BCUT2D eigenvalue weighted by molar-refractivity contribution is 5.90. The molecule has 3 rings (SSSR count). The highest BCUT2D eigenvalue weighted by Gasteiger charge is 2.26. The lowest BCUT2D eigenvalue weighted by atomic mass is 10.0. The SMILES string of the molecule is CCc1ccc(C2CN(C(=O)Nc3c(C)noc3C)CCO2)cc1. The minimum absolute atomic E-state index is 0.0972. The molecule has 1 fully saturated rings.